The molecule has 1 heterocycles. The first-order chi connectivity index (χ1) is 5.62. The maximum absolute atomic E-state index is 5.56. The Morgan fingerprint density at radius 2 is 2.25 bits per heavy atom. The molecule has 3 atom stereocenters. The van der Waals surface area contributed by atoms with E-state index in [4.69, 9.17) is 4.74 Å². The lowest BCUT2D eigenvalue weighted by atomic mass is 9.88. The van der Waals surface area contributed by atoms with Crippen LogP contribution in [0.15, 0.2) is 0 Å². The predicted octanol–water partition coefficient (Wildman–Crippen LogP) is 1.94. The molecule has 0 bridgehead atoms. The largest absolute Gasteiger partial charge is 0.372 e. The summed E-state index contributed by atoms with van der Waals surface area (Å²) in [5.41, 5.74) is 0.101. The highest BCUT2D eigenvalue weighted by atomic mass is 16.5. The van der Waals surface area contributed by atoms with E-state index < -0.39 is 0 Å². The van der Waals surface area contributed by atoms with E-state index in [-0.39, 0.29) is 5.60 Å². The molecule has 72 valence electrons. The fourth-order valence-electron chi connectivity index (χ4n) is 1.49. The zero-order valence-electron chi connectivity index (χ0n) is 8.68. The second-order valence-corrected chi connectivity index (χ2v) is 4.01. The molecule has 1 aliphatic rings. The number of rotatable bonds is 4. The normalized spacial score (nSPS) is 37.5. The van der Waals surface area contributed by atoms with Crippen molar-refractivity contribution in [3.8, 4) is 0 Å². The highest BCUT2D eigenvalue weighted by molar-refractivity contribution is 4.97. The first kappa shape index (κ1) is 10.0. The van der Waals surface area contributed by atoms with E-state index in [1.54, 1.807) is 0 Å². The highest BCUT2D eigenvalue weighted by Gasteiger charge is 2.42. The Kier molecular flexibility index (Phi) is 3.13. The average Bonchev–Trinajstić information content (AvgIpc) is 2.10. The van der Waals surface area contributed by atoms with E-state index in [1.807, 2.05) is 0 Å². The van der Waals surface area contributed by atoms with Gasteiger partial charge >= 0.3 is 0 Å². The molecule has 1 aliphatic heterocycles. The van der Waals surface area contributed by atoms with Gasteiger partial charge in [0.1, 0.15) is 0 Å². The minimum Gasteiger partial charge on any atom is -0.372 e. The van der Waals surface area contributed by atoms with E-state index >= 15 is 0 Å². The summed E-state index contributed by atoms with van der Waals surface area (Å²) in [5.74, 6) is 0. The van der Waals surface area contributed by atoms with Gasteiger partial charge in [-0.3, -0.25) is 0 Å². The van der Waals surface area contributed by atoms with Gasteiger partial charge in [0.25, 0.3) is 0 Å². The van der Waals surface area contributed by atoms with Crippen molar-refractivity contribution in [1.29, 1.82) is 0 Å². The Bertz CT molecular complexity index is 145. The maximum atomic E-state index is 5.56. The predicted molar refractivity (Wildman–Crippen MR) is 51.3 cm³/mol. The third-order valence-electron chi connectivity index (χ3n) is 3.12. The van der Waals surface area contributed by atoms with E-state index in [0.29, 0.717) is 12.1 Å². The molecule has 1 fully saturated rings. The monoisotopic (exact) mass is 171 g/mol. The molecule has 1 N–H and O–H groups in total. The lowest BCUT2D eigenvalue weighted by molar-refractivity contribution is -0.169. The molecule has 1 saturated heterocycles. The van der Waals surface area contributed by atoms with Crippen LogP contribution in [0.1, 0.15) is 40.5 Å². The van der Waals surface area contributed by atoms with Gasteiger partial charge in [0.2, 0.25) is 0 Å². The molecule has 1 rings (SSSR count). The smallest absolute Gasteiger partial charge is 0.0827 e. The summed E-state index contributed by atoms with van der Waals surface area (Å²) >= 11 is 0. The summed E-state index contributed by atoms with van der Waals surface area (Å²) in [5, 5.41) is 3.58. The molecule has 0 aromatic carbocycles. The molecule has 0 amide bonds. The molecular weight excluding hydrogens is 150 g/mol. The number of hydrogen-bond acceptors (Lipinski definition) is 2. The maximum Gasteiger partial charge on any atom is 0.0827 e. The molecular formula is C10H21NO. The van der Waals surface area contributed by atoms with Gasteiger partial charge in [-0.15, -0.1) is 0 Å². The minimum absolute atomic E-state index is 0.101. The minimum atomic E-state index is 0.101. The zero-order valence-corrected chi connectivity index (χ0v) is 8.68. The third kappa shape index (κ3) is 1.80. The molecule has 0 aliphatic carbocycles. The Balaban J connectivity index is 2.34. The Morgan fingerprint density at radius 1 is 1.58 bits per heavy atom. The Labute approximate surface area is 75.7 Å². The Morgan fingerprint density at radius 3 is 2.58 bits per heavy atom. The quantitative estimate of drug-likeness (QED) is 0.698. The van der Waals surface area contributed by atoms with Crippen molar-refractivity contribution in [1.82, 2.24) is 5.32 Å². The van der Waals surface area contributed by atoms with Crippen molar-refractivity contribution in [2.75, 3.05) is 6.61 Å². The molecule has 0 aromatic heterocycles. The van der Waals surface area contributed by atoms with Crippen molar-refractivity contribution in [2.24, 2.45) is 0 Å². The van der Waals surface area contributed by atoms with Crippen LogP contribution < -0.4 is 5.32 Å². The first-order valence-corrected chi connectivity index (χ1v) is 5.02. The van der Waals surface area contributed by atoms with Crippen LogP contribution in [-0.2, 0) is 4.74 Å². The summed E-state index contributed by atoms with van der Waals surface area (Å²) in [6.45, 7) is 9.70. The number of nitrogens with one attached hydrogen (secondary N) is 1. The van der Waals surface area contributed by atoms with Crippen LogP contribution in [0.5, 0.6) is 0 Å². The topological polar surface area (TPSA) is 21.3 Å². The van der Waals surface area contributed by atoms with Crippen LogP contribution in [0, 0.1) is 0 Å². The van der Waals surface area contributed by atoms with Crippen molar-refractivity contribution in [2.45, 2.75) is 58.2 Å². The van der Waals surface area contributed by atoms with Gasteiger partial charge < -0.3 is 10.1 Å². The molecule has 2 nitrogen and oxygen atoms in total. The van der Waals surface area contributed by atoms with E-state index in [2.05, 4.69) is 33.0 Å². The van der Waals surface area contributed by atoms with E-state index in [0.717, 1.165) is 13.0 Å². The molecule has 12 heavy (non-hydrogen) atoms. The van der Waals surface area contributed by atoms with Crippen LogP contribution in [0.4, 0.5) is 0 Å². The number of ether oxygens (including phenoxy) is 1. The summed E-state index contributed by atoms with van der Waals surface area (Å²) < 4.78 is 5.56. The molecule has 3 unspecified atom stereocenters. The molecule has 0 saturated carbocycles. The highest BCUT2D eigenvalue weighted by Crippen LogP contribution is 2.29. The van der Waals surface area contributed by atoms with Crippen molar-refractivity contribution in [3.05, 3.63) is 0 Å². The van der Waals surface area contributed by atoms with Crippen LogP contribution in [0.25, 0.3) is 0 Å². The first-order valence-electron chi connectivity index (χ1n) is 5.02. The summed E-state index contributed by atoms with van der Waals surface area (Å²) in [6.07, 6.45) is 2.29. The molecule has 2 heteroatoms. The fraction of sp³-hybridized carbons (Fsp3) is 1.00. The van der Waals surface area contributed by atoms with E-state index in [9.17, 15) is 0 Å². The average molecular weight is 171 g/mol. The van der Waals surface area contributed by atoms with Gasteiger partial charge in [-0.2, -0.15) is 0 Å². The third-order valence-corrected chi connectivity index (χ3v) is 3.12. The lowest BCUT2D eigenvalue weighted by Gasteiger charge is -2.48. The van der Waals surface area contributed by atoms with Crippen LogP contribution in [0.2, 0.25) is 0 Å². The van der Waals surface area contributed by atoms with Crippen molar-refractivity contribution >= 4 is 0 Å². The van der Waals surface area contributed by atoms with E-state index in [1.165, 1.54) is 6.42 Å². The van der Waals surface area contributed by atoms with Gasteiger partial charge in [-0.1, -0.05) is 13.8 Å². The van der Waals surface area contributed by atoms with Gasteiger partial charge in [0, 0.05) is 6.04 Å². The standard InChI is InChI=1S/C10H21NO/c1-5-8(3)11-9-7-12-10(9,4)6-2/h8-9,11H,5-7H2,1-4H3. The molecule has 0 radical (unpaired) electrons. The second-order valence-electron chi connectivity index (χ2n) is 4.01. The summed E-state index contributed by atoms with van der Waals surface area (Å²) in [4.78, 5) is 0. The van der Waals surface area contributed by atoms with Crippen LogP contribution in [-0.4, -0.2) is 24.3 Å². The summed E-state index contributed by atoms with van der Waals surface area (Å²) in [6, 6.07) is 1.18. The van der Waals surface area contributed by atoms with Crippen LogP contribution in [0.3, 0.4) is 0 Å². The zero-order chi connectivity index (χ0) is 9.19. The Hall–Kier alpha value is -0.0800. The van der Waals surface area contributed by atoms with Crippen molar-refractivity contribution < 1.29 is 4.74 Å². The number of hydrogen-bond donors (Lipinski definition) is 1. The summed E-state index contributed by atoms with van der Waals surface area (Å²) in [7, 11) is 0. The second kappa shape index (κ2) is 3.75. The lowest BCUT2D eigenvalue weighted by Crippen LogP contribution is -2.63. The molecule has 0 spiro atoms. The van der Waals surface area contributed by atoms with Gasteiger partial charge in [0.15, 0.2) is 0 Å². The fourth-order valence-corrected chi connectivity index (χ4v) is 1.49. The van der Waals surface area contributed by atoms with Gasteiger partial charge in [-0.05, 0) is 26.7 Å². The van der Waals surface area contributed by atoms with Gasteiger partial charge in [-0.25, -0.2) is 0 Å². The SMILES string of the molecule is CCC(C)NC1COC1(C)CC. The van der Waals surface area contributed by atoms with Crippen LogP contribution >= 0.6 is 0 Å². The van der Waals surface area contributed by atoms with Gasteiger partial charge in [0.05, 0.1) is 18.2 Å². The van der Waals surface area contributed by atoms with Crippen molar-refractivity contribution in [3.63, 3.8) is 0 Å². The molecule has 0 aromatic rings.